The maximum atomic E-state index is 13.3. The van der Waals surface area contributed by atoms with Gasteiger partial charge in [0.15, 0.2) is 0 Å². The highest BCUT2D eigenvalue weighted by atomic mass is 35.5. The largest absolute Gasteiger partial charge is 0.332 e. The van der Waals surface area contributed by atoms with E-state index in [4.69, 9.17) is 11.6 Å². The molecule has 0 bridgehead atoms. The van der Waals surface area contributed by atoms with Crippen molar-refractivity contribution < 1.29 is 9.59 Å². The molecule has 2 amide bonds. The van der Waals surface area contributed by atoms with E-state index in [0.717, 1.165) is 16.9 Å². The standard InChI is InChI=1S/C24H25ClN2O2S/c1-2-13-26(24(29)20-10-6-11-21(25)15-20)18-23(28)27(17-22-12-7-14-30-22)16-19-8-4-3-5-9-19/h3-12,14-15H,2,13,16-18H2,1H3. The summed E-state index contributed by atoms with van der Waals surface area (Å²) in [6.45, 7) is 3.57. The Morgan fingerprint density at radius 1 is 0.933 bits per heavy atom. The van der Waals surface area contributed by atoms with Crippen LogP contribution >= 0.6 is 22.9 Å². The number of hydrogen-bond donors (Lipinski definition) is 0. The third-order valence-corrected chi connectivity index (χ3v) is 5.77. The van der Waals surface area contributed by atoms with Gasteiger partial charge in [0.25, 0.3) is 5.91 Å². The first-order chi connectivity index (χ1) is 14.6. The van der Waals surface area contributed by atoms with Gasteiger partial charge in [-0.2, -0.15) is 0 Å². The van der Waals surface area contributed by atoms with Gasteiger partial charge in [0.1, 0.15) is 6.54 Å². The van der Waals surface area contributed by atoms with Crippen molar-refractivity contribution in [3.63, 3.8) is 0 Å². The minimum atomic E-state index is -0.177. The molecular weight excluding hydrogens is 416 g/mol. The average molecular weight is 441 g/mol. The molecule has 0 aliphatic carbocycles. The van der Waals surface area contributed by atoms with Crippen LogP contribution in [0.15, 0.2) is 72.1 Å². The van der Waals surface area contributed by atoms with Crippen LogP contribution < -0.4 is 0 Å². The van der Waals surface area contributed by atoms with Crippen molar-refractivity contribution in [3.8, 4) is 0 Å². The second-order valence-electron chi connectivity index (χ2n) is 7.05. The van der Waals surface area contributed by atoms with Gasteiger partial charge in [0.2, 0.25) is 5.91 Å². The van der Waals surface area contributed by atoms with Crippen LogP contribution in [0.1, 0.15) is 34.1 Å². The lowest BCUT2D eigenvalue weighted by Gasteiger charge is -2.27. The van der Waals surface area contributed by atoms with Crippen molar-refractivity contribution in [2.45, 2.75) is 26.4 Å². The number of nitrogens with zero attached hydrogens (tertiary/aromatic N) is 2. The molecule has 30 heavy (non-hydrogen) atoms. The quantitative estimate of drug-likeness (QED) is 0.442. The first-order valence-corrected chi connectivity index (χ1v) is 11.2. The Kier molecular flexibility index (Phi) is 8.05. The first-order valence-electron chi connectivity index (χ1n) is 9.95. The van der Waals surface area contributed by atoms with Crippen LogP contribution in [0.5, 0.6) is 0 Å². The molecule has 156 valence electrons. The fourth-order valence-corrected chi connectivity index (χ4v) is 4.13. The van der Waals surface area contributed by atoms with E-state index in [1.807, 2.05) is 59.7 Å². The second-order valence-corrected chi connectivity index (χ2v) is 8.52. The average Bonchev–Trinajstić information content (AvgIpc) is 3.26. The smallest absolute Gasteiger partial charge is 0.254 e. The summed E-state index contributed by atoms with van der Waals surface area (Å²) in [4.78, 5) is 30.8. The summed E-state index contributed by atoms with van der Waals surface area (Å²) in [5, 5.41) is 2.51. The number of amides is 2. The Morgan fingerprint density at radius 2 is 1.73 bits per heavy atom. The van der Waals surface area contributed by atoms with Crippen LogP contribution in [-0.4, -0.2) is 34.7 Å². The van der Waals surface area contributed by atoms with Gasteiger partial charge in [-0.25, -0.2) is 0 Å². The molecule has 0 radical (unpaired) electrons. The summed E-state index contributed by atoms with van der Waals surface area (Å²) >= 11 is 7.68. The molecule has 6 heteroatoms. The van der Waals surface area contributed by atoms with Gasteiger partial charge in [-0.05, 0) is 41.6 Å². The van der Waals surface area contributed by atoms with Gasteiger partial charge in [-0.3, -0.25) is 9.59 Å². The highest BCUT2D eigenvalue weighted by molar-refractivity contribution is 7.09. The maximum Gasteiger partial charge on any atom is 0.254 e. The van der Waals surface area contributed by atoms with E-state index in [2.05, 4.69) is 0 Å². The molecule has 1 aromatic heterocycles. The molecule has 3 rings (SSSR count). The van der Waals surface area contributed by atoms with Crippen molar-refractivity contribution in [1.82, 2.24) is 9.80 Å². The Morgan fingerprint density at radius 3 is 2.40 bits per heavy atom. The van der Waals surface area contributed by atoms with Crippen LogP contribution in [0, 0.1) is 0 Å². The van der Waals surface area contributed by atoms with Gasteiger partial charge in [0, 0.05) is 28.6 Å². The van der Waals surface area contributed by atoms with Crippen molar-refractivity contribution in [1.29, 1.82) is 0 Å². The predicted octanol–water partition coefficient (Wildman–Crippen LogP) is 5.48. The highest BCUT2D eigenvalue weighted by Crippen LogP contribution is 2.17. The zero-order valence-corrected chi connectivity index (χ0v) is 18.5. The lowest BCUT2D eigenvalue weighted by atomic mass is 10.2. The molecule has 1 heterocycles. The molecule has 3 aromatic rings. The molecule has 0 saturated carbocycles. The van der Waals surface area contributed by atoms with E-state index in [0.29, 0.717) is 30.2 Å². The number of rotatable bonds is 9. The van der Waals surface area contributed by atoms with Crippen LogP contribution in [-0.2, 0) is 17.9 Å². The minimum Gasteiger partial charge on any atom is -0.332 e. The predicted molar refractivity (Wildman–Crippen MR) is 123 cm³/mol. The molecule has 0 N–H and O–H groups in total. The Hall–Kier alpha value is -2.63. The van der Waals surface area contributed by atoms with E-state index < -0.39 is 0 Å². The number of thiophene rings is 1. The fourth-order valence-electron chi connectivity index (χ4n) is 3.22. The van der Waals surface area contributed by atoms with E-state index in [-0.39, 0.29) is 18.4 Å². The number of halogens is 1. The molecule has 0 atom stereocenters. The van der Waals surface area contributed by atoms with E-state index in [1.165, 1.54) is 0 Å². The third-order valence-electron chi connectivity index (χ3n) is 4.67. The second kappa shape index (κ2) is 11.0. The summed E-state index contributed by atoms with van der Waals surface area (Å²) in [5.41, 5.74) is 1.56. The van der Waals surface area contributed by atoms with Crippen molar-refractivity contribution in [2.24, 2.45) is 0 Å². The summed E-state index contributed by atoms with van der Waals surface area (Å²) < 4.78 is 0. The van der Waals surface area contributed by atoms with Gasteiger partial charge >= 0.3 is 0 Å². The summed E-state index contributed by atoms with van der Waals surface area (Å²) in [6.07, 6.45) is 0.767. The number of carbonyl (C=O) groups excluding carboxylic acids is 2. The highest BCUT2D eigenvalue weighted by Gasteiger charge is 2.22. The SMILES string of the molecule is CCCN(CC(=O)N(Cc1ccccc1)Cc1cccs1)C(=O)c1cccc(Cl)c1. The third kappa shape index (κ3) is 6.18. The van der Waals surface area contributed by atoms with Crippen molar-refractivity contribution in [2.75, 3.05) is 13.1 Å². The topological polar surface area (TPSA) is 40.6 Å². The number of carbonyl (C=O) groups is 2. The van der Waals surface area contributed by atoms with Crippen LogP contribution in [0.25, 0.3) is 0 Å². The monoisotopic (exact) mass is 440 g/mol. The Balaban J connectivity index is 1.77. The molecule has 2 aromatic carbocycles. The normalized spacial score (nSPS) is 10.6. The molecule has 0 aliphatic heterocycles. The van der Waals surface area contributed by atoms with Crippen LogP contribution in [0.3, 0.4) is 0 Å². The number of benzene rings is 2. The summed E-state index contributed by atoms with van der Waals surface area (Å²) in [6, 6.07) is 20.8. The molecule has 0 fully saturated rings. The van der Waals surface area contributed by atoms with Crippen molar-refractivity contribution in [3.05, 3.63) is 93.1 Å². The van der Waals surface area contributed by atoms with Gasteiger partial charge in [-0.1, -0.05) is 61.0 Å². The van der Waals surface area contributed by atoms with Crippen LogP contribution in [0.4, 0.5) is 0 Å². The Bertz CT molecular complexity index is 960. The van der Waals surface area contributed by atoms with Gasteiger partial charge in [0.05, 0.1) is 6.54 Å². The first kappa shape index (κ1) is 22.1. The zero-order valence-electron chi connectivity index (χ0n) is 17.0. The zero-order chi connectivity index (χ0) is 21.3. The van der Waals surface area contributed by atoms with E-state index in [9.17, 15) is 9.59 Å². The lowest BCUT2D eigenvalue weighted by molar-refractivity contribution is -0.133. The minimum absolute atomic E-state index is 0.0391. The molecule has 4 nitrogen and oxygen atoms in total. The van der Waals surface area contributed by atoms with Crippen LogP contribution in [0.2, 0.25) is 5.02 Å². The van der Waals surface area contributed by atoms with E-state index in [1.54, 1.807) is 40.5 Å². The molecule has 0 spiro atoms. The van der Waals surface area contributed by atoms with Gasteiger partial charge < -0.3 is 9.80 Å². The molecular formula is C24H25ClN2O2S. The molecule has 0 saturated heterocycles. The van der Waals surface area contributed by atoms with E-state index >= 15 is 0 Å². The van der Waals surface area contributed by atoms with Crippen molar-refractivity contribution >= 4 is 34.8 Å². The summed E-state index contributed by atoms with van der Waals surface area (Å²) in [5.74, 6) is -0.250. The Labute approximate surface area is 186 Å². The lowest BCUT2D eigenvalue weighted by Crippen LogP contribution is -2.42. The maximum absolute atomic E-state index is 13.3. The molecule has 0 unspecified atom stereocenters. The van der Waals surface area contributed by atoms with Gasteiger partial charge in [-0.15, -0.1) is 11.3 Å². The summed E-state index contributed by atoms with van der Waals surface area (Å²) in [7, 11) is 0. The number of hydrogen-bond acceptors (Lipinski definition) is 3. The molecule has 0 aliphatic rings. The fraction of sp³-hybridized carbons (Fsp3) is 0.250.